The number of benzene rings is 2. The minimum Gasteiger partial charge on any atom is -0.506 e. The van der Waals surface area contributed by atoms with Gasteiger partial charge in [-0.3, -0.25) is 9.69 Å². The van der Waals surface area contributed by atoms with Gasteiger partial charge in [0.15, 0.2) is 4.32 Å². The lowest BCUT2D eigenvalue weighted by molar-refractivity contribution is -0.113. The first-order valence-electron chi connectivity index (χ1n) is 6.58. The Bertz CT molecular complexity index is 861. The van der Waals surface area contributed by atoms with Crippen LogP contribution in [0.5, 0.6) is 5.75 Å². The molecule has 122 valence electrons. The molecule has 0 aliphatic carbocycles. The van der Waals surface area contributed by atoms with Crippen molar-refractivity contribution in [3.63, 3.8) is 0 Å². The minimum absolute atomic E-state index is 0.112. The van der Waals surface area contributed by atoms with Crippen molar-refractivity contribution in [1.29, 1.82) is 0 Å². The first kappa shape index (κ1) is 17.9. The third-order valence-corrected chi connectivity index (χ3v) is 5.98. The molecule has 0 aromatic heterocycles. The van der Waals surface area contributed by atoms with E-state index in [1.54, 1.807) is 42.5 Å². The molecule has 1 saturated heterocycles. The van der Waals surface area contributed by atoms with Crippen LogP contribution in [0, 0.1) is 0 Å². The summed E-state index contributed by atoms with van der Waals surface area (Å²) in [6, 6.07) is 10.4. The lowest BCUT2D eigenvalue weighted by Crippen LogP contribution is -2.27. The molecule has 3 rings (SSSR count). The first-order valence-corrected chi connectivity index (χ1v) is 9.77. The predicted octanol–water partition coefficient (Wildman–Crippen LogP) is 5.98. The zero-order valence-corrected chi connectivity index (χ0v) is 17.4. The highest BCUT2D eigenvalue weighted by Crippen LogP contribution is 2.38. The van der Waals surface area contributed by atoms with Crippen LogP contribution in [0.4, 0.5) is 5.69 Å². The van der Waals surface area contributed by atoms with Crippen molar-refractivity contribution in [2.45, 2.75) is 0 Å². The number of rotatable bonds is 2. The molecule has 0 spiro atoms. The topological polar surface area (TPSA) is 40.5 Å². The normalized spacial score (nSPS) is 16.3. The third kappa shape index (κ3) is 3.55. The van der Waals surface area contributed by atoms with E-state index >= 15 is 0 Å². The molecule has 1 aliphatic rings. The van der Waals surface area contributed by atoms with E-state index < -0.39 is 0 Å². The Labute approximate surface area is 169 Å². The molecular formula is C16H8Br2ClNO2S2. The van der Waals surface area contributed by atoms with E-state index in [1.165, 1.54) is 16.7 Å². The highest BCUT2D eigenvalue weighted by molar-refractivity contribution is 9.11. The number of carbonyl (C=O) groups excluding carboxylic acids is 1. The molecule has 1 aliphatic heterocycles. The van der Waals surface area contributed by atoms with Crippen molar-refractivity contribution in [2.24, 2.45) is 0 Å². The van der Waals surface area contributed by atoms with Crippen LogP contribution in [0.15, 0.2) is 50.2 Å². The van der Waals surface area contributed by atoms with Gasteiger partial charge in [0.25, 0.3) is 5.91 Å². The molecule has 1 amide bonds. The van der Waals surface area contributed by atoms with Gasteiger partial charge >= 0.3 is 0 Å². The summed E-state index contributed by atoms with van der Waals surface area (Å²) in [5, 5.41) is 10.4. The number of halogens is 3. The van der Waals surface area contributed by atoms with Crippen LogP contribution in [0.25, 0.3) is 6.08 Å². The zero-order valence-electron chi connectivity index (χ0n) is 11.8. The van der Waals surface area contributed by atoms with Gasteiger partial charge in [-0.15, -0.1) is 0 Å². The van der Waals surface area contributed by atoms with E-state index in [0.717, 1.165) is 5.56 Å². The fourth-order valence-electron chi connectivity index (χ4n) is 2.10. The molecule has 24 heavy (non-hydrogen) atoms. The second-order valence-corrected chi connectivity index (χ2v) is 8.65. The van der Waals surface area contributed by atoms with Crippen LogP contribution in [-0.2, 0) is 4.79 Å². The SMILES string of the molecule is O=C1/C(=C/c2cc(Br)c(O)c(Br)c2)SC(=S)N1c1ccc(Cl)cc1. The average molecular weight is 506 g/mol. The molecule has 0 saturated carbocycles. The van der Waals surface area contributed by atoms with Crippen LogP contribution < -0.4 is 4.90 Å². The Morgan fingerprint density at radius 1 is 1.17 bits per heavy atom. The van der Waals surface area contributed by atoms with Crippen LogP contribution in [-0.4, -0.2) is 15.3 Å². The third-order valence-electron chi connectivity index (χ3n) is 3.22. The number of hydrogen-bond donors (Lipinski definition) is 1. The van der Waals surface area contributed by atoms with E-state index in [9.17, 15) is 9.90 Å². The molecule has 0 unspecified atom stereocenters. The van der Waals surface area contributed by atoms with Crippen LogP contribution in [0.3, 0.4) is 0 Å². The standard InChI is InChI=1S/C16H8Br2ClNO2S2/c17-11-5-8(6-12(18)14(11)21)7-13-15(22)20(16(23)24-13)10-3-1-9(19)2-4-10/h1-7,21H/b13-7-. The summed E-state index contributed by atoms with van der Waals surface area (Å²) in [6.45, 7) is 0. The maximum atomic E-state index is 12.7. The Balaban J connectivity index is 1.95. The van der Waals surface area contributed by atoms with E-state index in [0.29, 0.717) is 28.9 Å². The van der Waals surface area contributed by atoms with Crippen molar-refractivity contribution >= 4 is 89.4 Å². The number of thioether (sulfide) groups is 1. The maximum absolute atomic E-state index is 12.7. The highest BCUT2D eigenvalue weighted by Gasteiger charge is 2.33. The highest BCUT2D eigenvalue weighted by atomic mass is 79.9. The van der Waals surface area contributed by atoms with Gasteiger partial charge in [-0.05, 0) is 79.9 Å². The molecule has 8 heteroatoms. The van der Waals surface area contributed by atoms with Crippen LogP contribution in [0.1, 0.15) is 5.56 Å². The van der Waals surface area contributed by atoms with Crippen molar-refractivity contribution in [1.82, 2.24) is 0 Å². The summed E-state index contributed by atoms with van der Waals surface area (Å²) < 4.78 is 1.54. The smallest absolute Gasteiger partial charge is 0.270 e. The summed E-state index contributed by atoms with van der Waals surface area (Å²) in [5.74, 6) is -0.0755. The van der Waals surface area contributed by atoms with Crippen molar-refractivity contribution in [3.8, 4) is 5.75 Å². The van der Waals surface area contributed by atoms with Gasteiger partial charge in [-0.25, -0.2) is 0 Å². The van der Waals surface area contributed by atoms with E-state index in [1.807, 2.05) is 0 Å². The second kappa shape index (κ2) is 7.17. The lowest BCUT2D eigenvalue weighted by atomic mass is 10.2. The number of anilines is 1. The van der Waals surface area contributed by atoms with Crippen molar-refractivity contribution in [2.75, 3.05) is 4.90 Å². The van der Waals surface area contributed by atoms with Gasteiger partial charge < -0.3 is 5.11 Å². The average Bonchev–Trinajstić information content (AvgIpc) is 2.80. The number of phenolic OH excluding ortho intramolecular Hbond substituents is 1. The van der Waals surface area contributed by atoms with E-state index in [4.69, 9.17) is 23.8 Å². The van der Waals surface area contributed by atoms with Crippen molar-refractivity contribution < 1.29 is 9.90 Å². The quantitative estimate of drug-likeness (QED) is 0.403. The van der Waals surface area contributed by atoms with Crippen LogP contribution in [0.2, 0.25) is 5.02 Å². The van der Waals surface area contributed by atoms with Gasteiger partial charge in [0.1, 0.15) is 5.75 Å². The summed E-state index contributed by atoms with van der Waals surface area (Å²) in [6.07, 6.45) is 1.74. The fraction of sp³-hybridized carbons (Fsp3) is 0. The first-order chi connectivity index (χ1) is 11.4. The number of phenols is 1. The summed E-state index contributed by atoms with van der Waals surface area (Å²) in [7, 11) is 0. The van der Waals surface area contributed by atoms with Crippen molar-refractivity contribution in [3.05, 3.63) is 60.8 Å². The van der Waals surface area contributed by atoms with Gasteiger partial charge in [0, 0.05) is 5.02 Å². The van der Waals surface area contributed by atoms with E-state index in [2.05, 4.69) is 31.9 Å². The molecule has 2 aromatic rings. The molecule has 0 atom stereocenters. The summed E-state index contributed by atoms with van der Waals surface area (Å²) in [5.41, 5.74) is 1.45. The molecule has 1 heterocycles. The zero-order chi connectivity index (χ0) is 17.4. The maximum Gasteiger partial charge on any atom is 0.270 e. The molecule has 1 N–H and O–H groups in total. The monoisotopic (exact) mass is 503 g/mol. The number of thiocarbonyl (C=S) groups is 1. The molecular weight excluding hydrogens is 498 g/mol. The van der Waals surface area contributed by atoms with Gasteiger partial charge in [-0.2, -0.15) is 0 Å². The molecule has 0 bridgehead atoms. The number of aromatic hydroxyl groups is 1. The Morgan fingerprint density at radius 2 is 1.75 bits per heavy atom. The van der Waals surface area contributed by atoms with Crippen LogP contribution >= 0.6 is 67.4 Å². The Hall–Kier alpha value is -0.860. The Morgan fingerprint density at radius 3 is 2.33 bits per heavy atom. The largest absolute Gasteiger partial charge is 0.506 e. The fourth-order valence-corrected chi connectivity index (χ4v) is 4.75. The summed E-state index contributed by atoms with van der Waals surface area (Å²) >= 11 is 19.0. The number of nitrogens with zero attached hydrogens (tertiary/aromatic N) is 1. The van der Waals surface area contributed by atoms with Gasteiger partial charge in [0.05, 0.1) is 19.5 Å². The number of hydrogen-bond acceptors (Lipinski definition) is 4. The number of amides is 1. The van der Waals surface area contributed by atoms with Gasteiger partial charge in [0.2, 0.25) is 0 Å². The lowest BCUT2D eigenvalue weighted by Gasteiger charge is -2.14. The second-order valence-electron chi connectivity index (χ2n) is 4.83. The minimum atomic E-state index is -0.187. The number of carbonyl (C=O) groups is 1. The molecule has 3 nitrogen and oxygen atoms in total. The molecule has 0 radical (unpaired) electrons. The van der Waals surface area contributed by atoms with E-state index in [-0.39, 0.29) is 11.7 Å². The Kier molecular flexibility index (Phi) is 5.36. The molecule has 1 fully saturated rings. The molecule has 2 aromatic carbocycles. The summed E-state index contributed by atoms with van der Waals surface area (Å²) in [4.78, 5) is 14.7. The predicted molar refractivity (Wildman–Crippen MR) is 111 cm³/mol. The van der Waals surface area contributed by atoms with Gasteiger partial charge in [-0.1, -0.05) is 35.6 Å².